The minimum absolute atomic E-state index is 0.0746. The quantitative estimate of drug-likeness (QED) is 0.0327. The van der Waals surface area contributed by atoms with Gasteiger partial charge in [0.05, 0.1) is 54.5 Å². The molecular weight excluding hydrogens is 695 g/mol. The van der Waals surface area contributed by atoms with Gasteiger partial charge < -0.3 is 43.8 Å². The van der Waals surface area contributed by atoms with Crippen LogP contribution < -0.4 is 15.5 Å². The van der Waals surface area contributed by atoms with Crippen LogP contribution in [-0.2, 0) is 23.2 Å². The van der Waals surface area contributed by atoms with E-state index in [0.29, 0.717) is 48.0 Å². The van der Waals surface area contributed by atoms with E-state index in [-0.39, 0.29) is 24.9 Å². The summed E-state index contributed by atoms with van der Waals surface area (Å²) in [6.07, 6.45) is 22.4. The first kappa shape index (κ1) is 51.9. The highest BCUT2D eigenvalue weighted by atomic mass is 31.2. The van der Waals surface area contributed by atoms with Gasteiger partial charge in [-0.15, -0.1) is 0 Å². The van der Waals surface area contributed by atoms with Gasteiger partial charge in [0, 0.05) is 38.8 Å². The lowest BCUT2D eigenvalue weighted by Crippen LogP contribution is -2.48. The molecule has 0 aromatic heterocycles. The summed E-state index contributed by atoms with van der Waals surface area (Å²) in [5.41, 5.74) is 0. The van der Waals surface area contributed by atoms with Crippen molar-refractivity contribution in [1.82, 2.24) is 10.6 Å². The van der Waals surface area contributed by atoms with Crippen LogP contribution in [0.4, 0.5) is 0 Å². The number of quaternary nitrogens is 2. The Morgan fingerprint density at radius 2 is 0.868 bits per heavy atom. The van der Waals surface area contributed by atoms with Crippen LogP contribution in [0.3, 0.4) is 0 Å². The van der Waals surface area contributed by atoms with E-state index in [1.807, 2.05) is 28.2 Å². The average Bonchev–Trinajstić information content (AvgIpc) is 3.08. The third-order valence-electron chi connectivity index (χ3n) is 9.80. The standard InChI is InChI=1S/C40H83N4O8P/c1-7-9-11-13-15-17-19-21-23-27-39(47)41-29-25-31-43(3,4)33-37(45)35-51-53(49,50)52-36-38(46)34-44(5,6)32-26-30-42-40(48)28-24-22-20-18-16-14-12-10-8-2/h37-38,45-46H,7-36H2,1-6H3,(H-2,41,42,47,48,49,50)/p+1. The number of unbranched alkanes of at least 4 members (excludes halogenated alkanes) is 16. The Morgan fingerprint density at radius 3 is 1.19 bits per heavy atom. The molecule has 4 N–H and O–H groups in total. The fourth-order valence-electron chi connectivity index (χ4n) is 6.66. The maximum atomic E-state index is 12.3. The zero-order valence-electron chi connectivity index (χ0n) is 35.1. The SMILES string of the molecule is CCCCCCCCCCCC(=O)NCCC[N+](C)(C)CC(O)COP(=O)([O-])OCC(O)C[N+](C)(C)CCCNC(=O)CCCCCCCCCCC. The third kappa shape index (κ3) is 35.1. The highest BCUT2D eigenvalue weighted by molar-refractivity contribution is 7.45. The van der Waals surface area contributed by atoms with E-state index in [4.69, 9.17) is 9.05 Å². The zero-order chi connectivity index (χ0) is 39.9. The minimum atomic E-state index is -4.73. The van der Waals surface area contributed by atoms with Crippen molar-refractivity contribution < 1.29 is 47.3 Å². The third-order valence-corrected chi connectivity index (χ3v) is 10.7. The molecule has 316 valence electrons. The van der Waals surface area contributed by atoms with Crippen LogP contribution in [0.5, 0.6) is 0 Å². The van der Waals surface area contributed by atoms with Gasteiger partial charge >= 0.3 is 0 Å². The molecule has 0 aromatic rings. The van der Waals surface area contributed by atoms with Crippen LogP contribution in [-0.4, -0.2) is 124 Å². The number of carbonyl (C=O) groups excluding carboxylic acids is 2. The van der Waals surface area contributed by atoms with Gasteiger partial charge in [-0.3, -0.25) is 14.2 Å². The number of nitrogens with one attached hydrogen (secondary N) is 2. The molecule has 0 radical (unpaired) electrons. The van der Waals surface area contributed by atoms with Crippen molar-refractivity contribution in [2.45, 2.75) is 167 Å². The molecule has 0 saturated heterocycles. The van der Waals surface area contributed by atoms with Crippen LogP contribution in [0.1, 0.15) is 155 Å². The summed E-state index contributed by atoms with van der Waals surface area (Å²) >= 11 is 0. The van der Waals surface area contributed by atoms with E-state index in [2.05, 4.69) is 24.5 Å². The molecule has 0 aliphatic carbocycles. The molecule has 53 heavy (non-hydrogen) atoms. The Balaban J connectivity index is 4.06. The van der Waals surface area contributed by atoms with Crippen LogP contribution in [0.2, 0.25) is 0 Å². The second-order valence-electron chi connectivity index (χ2n) is 16.6. The highest BCUT2D eigenvalue weighted by Crippen LogP contribution is 2.38. The number of aliphatic hydroxyl groups is 2. The monoisotopic (exact) mass is 780 g/mol. The largest absolute Gasteiger partial charge is 0.756 e. The molecule has 12 nitrogen and oxygen atoms in total. The smallest absolute Gasteiger partial charge is 0.268 e. The molecule has 2 atom stereocenters. The molecule has 2 amide bonds. The molecule has 13 heteroatoms. The number of amides is 2. The number of aliphatic hydroxyl groups excluding tert-OH is 2. The number of hydrogen-bond acceptors (Lipinski definition) is 8. The first-order valence-corrected chi connectivity index (χ1v) is 22.7. The molecule has 0 heterocycles. The predicted molar refractivity (Wildman–Crippen MR) is 214 cm³/mol. The predicted octanol–water partition coefficient (Wildman–Crippen LogP) is 6.22. The van der Waals surface area contributed by atoms with Gasteiger partial charge in [0.15, 0.2) is 0 Å². The van der Waals surface area contributed by atoms with Crippen molar-refractivity contribution in [3.63, 3.8) is 0 Å². The molecule has 0 rings (SSSR count). The topological polar surface area (TPSA) is 157 Å². The van der Waals surface area contributed by atoms with Crippen LogP contribution in [0, 0.1) is 0 Å². The Bertz CT molecular complexity index is 886. The summed E-state index contributed by atoms with van der Waals surface area (Å²) < 4.78 is 23.1. The van der Waals surface area contributed by atoms with E-state index in [0.717, 1.165) is 38.5 Å². The molecule has 2 unspecified atom stereocenters. The molecule has 0 saturated carbocycles. The number of phosphoric acid groups is 1. The molecule has 0 aliphatic rings. The molecule has 0 spiro atoms. The average molecular weight is 780 g/mol. The number of hydrogen-bond donors (Lipinski definition) is 4. The Hall–Kier alpha value is -1.11. The van der Waals surface area contributed by atoms with Gasteiger partial charge in [-0.1, -0.05) is 117 Å². The van der Waals surface area contributed by atoms with E-state index < -0.39 is 33.2 Å². The second kappa shape index (κ2) is 32.0. The van der Waals surface area contributed by atoms with Crippen LogP contribution in [0.15, 0.2) is 0 Å². The van der Waals surface area contributed by atoms with E-state index in [9.17, 15) is 29.3 Å². The van der Waals surface area contributed by atoms with Crippen molar-refractivity contribution in [3.05, 3.63) is 0 Å². The van der Waals surface area contributed by atoms with E-state index in [1.165, 1.54) is 89.9 Å². The minimum Gasteiger partial charge on any atom is -0.756 e. The lowest BCUT2D eigenvalue weighted by molar-refractivity contribution is -0.893. The fourth-order valence-corrected chi connectivity index (χ4v) is 7.44. The van der Waals surface area contributed by atoms with E-state index >= 15 is 0 Å². The van der Waals surface area contributed by atoms with Crippen molar-refractivity contribution in [2.75, 3.05) is 80.7 Å². The number of likely N-dealkylation sites (N-methyl/N-ethyl adjacent to an activating group) is 2. The molecule has 0 fully saturated rings. The Labute approximate surface area is 324 Å². The molecule has 0 aliphatic heterocycles. The van der Waals surface area contributed by atoms with Gasteiger partial charge in [0.1, 0.15) is 25.3 Å². The highest BCUT2D eigenvalue weighted by Gasteiger charge is 2.25. The summed E-state index contributed by atoms with van der Waals surface area (Å²) in [4.78, 5) is 36.7. The summed E-state index contributed by atoms with van der Waals surface area (Å²) in [6.45, 7) is 6.58. The van der Waals surface area contributed by atoms with E-state index in [1.54, 1.807) is 0 Å². The van der Waals surface area contributed by atoms with Gasteiger partial charge in [-0.2, -0.15) is 0 Å². The number of carbonyl (C=O) groups is 2. The lowest BCUT2D eigenvalue weighted by atomic mass is 10.1. The molecule has 0 bridgehead atoms. The summed E-state index contributed by atoms with van der Waals surface area (Å²) in [6, 6.07) is 0. The maximum absolute atomic E-state index is 12.3. The number of rotatable bonds is 38. The molecule has 0 aromatic carbocycles. The Morgan fingerprint density at radius 1 is 0.566 bits per heavy atom. The zero-order valence-corrected chi connectivity index (χ0v) is 35.9. The summed E-state index contributed by atoms with van der Waals surface area (Å²) in [5.74, 6) is 0.149. The second-order valence-corrected chi connectivity index (χ2v) is 18.0. The Kier molecular flexibility index (Phi) is 31.4. The van der Waals surface area contributed by atoms with Crippen molar-refractivity contribution in [1.29, 1.82) is 0 Å². The van der Waals surface area contributed by atoms with Gasteiger partial charge in [0.25, 0.3) is 7.82 Å². The lowest BCUT2D eigenvalue weighted by Gasteiger charge is -2.33. The fraction of sp³-hybridized carbons (Fsp3) is 0.950. The summed E-state index contributed by atoms with van der Waals surface area (Å²) in [7, 11) is 3.01. The first-order valence-electron chi connectivity index (χ1n) is 21.2. The van der Waals surface area contributed by atoms with Crippen molar-refractivity contribution in [3.8, 4) is 0 Å². The summed E-state index contributed by atoms with van der Waals surface area (Å²) in [5, 5.41) is 26.9. The van der Waals surface area contributed by atoms with Gasteiger partial charge in [0.2, 0.25) is 11.8 Å². The van der Waals surface area contributed by atoms with Crippen molar-refractivity contribution in [2.24, 2.45) is 0 Å². The first-order chi connectivity index (χ1) is 25.1. The number of nitrogens with zero attached hydrogens (tertiary/aromatic N) is 2. The maximum Gasteiger partial charge on any atom is 0.268 e. The van der Waals surface area contributed by atoms with Crippen LogP contribution >= 0.6 is 7.82 Å². The van der Waals surface area contributed by atoms with Gasteiger partial charge in [-0.05, 0) is 12.8 Å². The van der Waals surface area contributed by atoms with Gasteiger partial charge in [-0.25, -0.2) is 0 Å². The molecular formula is C40H84N4O8P+. The van der Waals surface area contributed by atoms with Crippen molar-refractivity contribution >= 4 is 19.6 Å². The normalized spacial score (nSPS) is 14.5. The van der Waals surface area contributed by atoms with Crippen LogP contribution in [0.25, 0.3) is 0 Å². The number of phosphoric ester groups is 1.